The highest BCUT2D eigenvalue weighted by atomic mass is 32.1. The van der Waals surface area contributed by atoms with Gasteiger partial charge in [-0.3, -0.25) is 14.7 Å². The fourth-order valence-corrected chi connectivity index (χ4v) is 4.80. The van der Waals surface area contributed by atoms with Gasteiger partial charge in [-0.05, 0) is 56.5 Å². The lowest BCUT2D eigenvalue weighted by molar-refractivity contribution is 0.0930. The molecular formula is C26H34N8O2S. The lowest BCUT2D eigenvalue weighted by Gasteiger charge is -2.31. The monoisotopic (exact) mass is 522 g/mol. The normalized spacial score (nSPS) is 13.9. The number of carbonyl (C=O) groups is 1. The van der Waals surface area contributed by atoms with Crippen molar-refractivity contribution in [2.75, 3.05) is 37.7 Å². The molecule has 3 aromatic rings. The number of rotatable bonds is 8. The van der Waals surface area contributed by atoms with Gasteiger partial charge in [-0.1, -0.05) is 19.4 Å². The average molecular weight is 523 g/mol. The average Bonchev–Trinajstić information content (AvgIpc) is 3.38. The van der Waals surface area contributed by atoms with E-state index in [9.17, 15) is 4.79 Å². The van der Waals surface area contributed by atoms with E-state index in [2.05, 4.69) is 32.1 Å². The van der Waals surface area contributed by atoms with Gasteiger partial charge in [0, 0.05) is 37.0 Å². The minimum atomic E-state index is -0.331. The van der Waals surface area contributed by atoms with Gasteiger partial charge in [-0.2, -0.15) is 5.26 Å². The second kappa shape index (κ2) is 14.2. The SMILES string of the molecule is CCCCO.N#Cc1c(N)cc(C(=O)NCC2CCN(Cc3cnc(-c4ccccn4)s3)CC2)nc1N. The summed E-state index contributed by atoms with van der Waals surface area (Å²) in [6, 6.07) is 9.12. The second-order valence-electron chi connectivity index (χ2n) is 8.82. The number of unbranched alkanes of at least 4 members (excludes halogenated alkanes) is 1. The van der Waals surface area contributed by atoms with E-state index in [-0.39, 0.29) is 28.7 Å². The molecule has 0 aliphatic carbocycles. The molecule has 0 bridgehead atoms. The number of nitrogens with zero attached hydrogens (tertiary/aromatic N) is 5. The zero-order valence-electron chi connectivity index (χ0n) is 21.1. The van der Waals surface area contributed by atoms with Crippen LogP contribution in [-0.4, -0.2) is 57.1 Å². The number of nitriles is 1. The summed E-state index contributed by atoms with van der Waals surface area (Å²) in [5.74, 6) is 0.0380. The fourth-order valence-electron chi connectivity index (χ4n) is 3.87. The molecule has 10 nitrogen and oxygen atoms in total. The summed E-state index contributed by atoms with van der Waals surface area (Å²) < 4.78 is 0. The summed E-state index contributed by atoms with van der Waals surface area (Å²) >= 11 is 1.68. The summed E-state index contributed by atoms with van der Waals surface area (Å²) in [4.78, 5) is 28.9. The van der Waals surface area contributed by atoms with Gasteiger partial charge >= 0.3 is 0 Å². The van der Waals surface area contributed by atoms with Crippen molar-refractivity contribution >= 4 is 28.7 Å². The molecule has 0 atom stereocenters. The Morgan fingerprint density at radius 2 is 2.08 bits per heavy atom. The van der Waals surface area contributed by atoms with E-state index in [0.29, 0.717) is 19.1 Å². The number of likely N-dealkylation sites (tertiary alicyclic amines) is 1. The number of thiazole rings is 1. The number of aliphatic hydroxyl groups excluding tert-OH is 1. The maximum absolute atomic E-state index is 12.4. The number of anilines is 2. The Hall–Kier alpha value is -3.59. The highest BCUT2D eigenvalue weighted by Crippen LogP contribution is 2.26. The molecule has 1 fully saturated rings. The van der Waals surface area contributed by atoms with E-state index >= 15 is 0 Å². The standard InChI is InChI=1S/C22H24N8OS.C4H10O/c23-10-16-17(24)9-19(29-20(16)25)21(31)27-11-14-4-7-30(8-5-14)13-15-12-28-22(32-15)18-3-1-2-6-26-18;1-2-3-4-5/h1-3,6,9,12,14H,4-5,7-8,11,13H2,(H,27,31)(H4,24,25,29);5H,2-4H2,1H3. The number of aromatic nitrogens is 3. The smallest absolute Gasteiger partial charge is 0.270 e. The summed E-state index contributed by atoms with van der Waals surface area (Å²) in [5, 5.41) is 20.9. The first-order chi connectivity index (χ1) is 17.9. The van der Waals surface area contributed by atoms with E-state index in [0.717, 1.165) is 56.0 Å². The van der Waals surface area contributed by atoms with Gasteiger partial charge in [0.1, 0.15) is 28.2 Å². The van der Waals surface area contributed by atoms with Crippen LogP contribution in [0.25, 0.3) is 10.7 Å². The maximum atomic E-state index is 12.4. The molecule has 0 saturated carbocycles. The molecule has 4 rings (SSSR count). The second-order valence-corrected chi connectivity index (χ2v) is 9.94. The van der Waals surface area contributed by atoms with Crippen LogP contribution in [0.15, 0.2) is 36.7 Å². The van der Waals surface area contributed by atoms with Crippen LogP contribution >= 0.6 is 11.3 Å². The molecule has 0 radical (unpaired) electrons. The van der Waals surface area contributed by atoms with E-state index < -0.39 is 0 Å². The van der Waals surface area contributed by atoms with E-state index in [1.54, 1.807) is 17.5 Å². The van der Waals surface area contributed by atoms with Crippen molar-refractivity contribution in [2.45, 2.75) is 39.2 Å². The molecule has 1 amide bonds. The number of amides is 1. The Bertz CT molecular complexity index is 1160. The lowest BCUT2D eigenvalue weighted by Crippen LogP contribution is -2.38. The first-order valence-electron chi connectivity index (χ1n) is 12.4. The van der Waals surface area contributed by atoms with Crippen LogP contribution in [0.5, 0.6) is 0 Å². The number of piperidine rings is 1. The number of hydrogen-bond donors (Lipinski definition) is 4. The lowest BCUT2D eigenvalue weighted by atomic mass is 9.96. The third-order valence-electron chi connectivity index (χ3n) is 6.01. The number of nitrogens with one attached hydrogen (secondary N) is 1. The molecule has 0 spiro atoms. The number of nitrogens with two attached hydrogens (primary N) is 2. The van der Waals surface area contributed by atoms with Gasteiger partial charge in [0.15, 0.2) is 0 Å². The zero-order valence-corrected chi connectivity index (χ0v) is 21.9. The van der Waals surface area contributed by atoms with Gasteiger partial charge in [0.25, 0.3) is 5.91 Å². The summed E-state index contributed by atoms with van der Waals surface area (Å²) in [6.07, 6.45) is 7.75. The maximum Gasteiger partial charge on any atom is 0.270 e. The third kappa shape index (κ3) is 8.21. The minimum absolute atomic E-state index is 0.0276. The molecule has 6 N–H and O–H groups in total. The molecule has 0 unspecified atom stereocenters. The van der Waals surface area contributed by atoms with Crippen LogP contribution < -0.4 is 16.8 Å². The van der Waals surface area contributed by atoms with Crippen LogP contribution in [0.3, 0.4) is 0 Å². The van der Waals surface area contributed by atoms with Crippen molar-refractivity contribution in [3.8, 4) is 16.8 Å². The zero-order chi connectivity index (χ0) is 26.6. The summed E-state index contributed by atoms with van der Waals surface area (Å²) in [6.45, 7) is 5.77. The fraction of sp³-hybridized carbons (Fsp3) is 0.423. The summed E-state index contributed by atoms with van der Waals surface area (Å²) in [7, 11) is 0. The van der Waals surface area contributed by atoms with Crippen LogP contribution in [0, 0.1) is 17.2 Å². The van der Waals surface area contributed by atoms with Crippen LogP contribution in [0.1, 0.15) is 53.5 Å². The molecule has 1 aliphatic heterocycles. The van der Waals surface area contributed by atoms with Crippen molar-refractivity contribution in [2.24, 2.45) is 5.92 Å². The van der Waals surface area contributed by atoms with Gasteiger partial charge in [-0.25, -0.2) is 9.97 Å². The van der Waals surface area contributed by atoms with Crippen LogP contribution in [0.2, 0.25) is 0 Å². The largest absolute Gasteiger partial charge is 0.397 e. The van der Waals surface area contributed by atoms with Crippen molar-refractivity contribution in [3.05, 3.63) is 52.8 Å². The number of nitrogen functional groups attached to an aromatic ring is 2. The summed E-state index contributed by atoms with van der Waals surface area (Å²) in [5.41, 5.74) is 12.8. The van der Waals surface area contributed by atoms with E-state index in [4.69, 9.17) is 21.8 Å². The Morgan fingerprint density at radius 1 is 1.30 bits per heavy atom. The highest BCUT2D eigenvalue weighted by molar-refractivity contribution is 7.14. The first-order valence-corrected chi connectivity index (χ1v) is 13.2. The third-order valence-corrected chi connectivity index (χ3v) is 7.01. The van der Waals surface area contributed by atoms with Gasteiger partial charge in [0.2, 0.25) is 0 Å². The Kier molecular flexibility index (Phi) is 10.8. The minimum Gasteiger partial charge on any atom is -0.397 e. The van der Waals surface area contributed by atoms with Crippen LogP contribution in [0.4, 0.5) is 11.5 Å². The molecular weight excluding hydrogens is 488 g/mol. The van der Waals surface area contributed by atoms with Gasteiger partial charge < -0.3 is 21.9 Å². The Morgan fingerprint density at radius 3 is 2.68 bits per heavy atom. The number of aliphatic hydroxyl groups is 1. The quantitative estimate of drug-likeness (QED) is 0.347. The van der Waals surface area contributed by atoms with Crippen molar-refractivity contribution in [3.63, 3.8) is 0 Å². The number of pyridine rings is 2. The van der Waals surface area contributed by atoms with Crippen molar-refractivity contribution < 1.29 is 9.90 Å². The van der Waals surface area contributed by atoms with Crippen LogP contribution in [-0.2, 0) is 6.54 Å². The molecule has 37 heavy (non-hydrogen) atoms. The molecule has 4 heterocycles. The molecule has 1 aliphatic rings. The predicted octanol–water partition coefficient (Wildman–Crippen LogP) is 3.06. The molecule has 1 saturated heterocycles. The highest BCUT2D eigenvalue weighted by Gasteiger charge is 2.21. The Balaban J connectivity index is 0.000000695. The Labute approximate surface area is 221 Å². The van der Waals surface area contributed by atoms with E-state index in [1.165, 1.54) is 10.9 Å². The van der Waals surface area contributed by atoms with Crippen molar-refractivity contribution in [1.29, 1.82) is 5.26 Å². The molecule has 196 valence electrons. The number of carbonyl (C=O) groups excluding carboxylic acids is 1. The molecule has 11 heteroatoms. The number of hydrogen-bond acceptors (Lipinski definition) is 10. The molecule has 3 aromatic heterocycles. The topological polar surface area (TPSA) is 167 Å². The predicted molar refractivity (Wildman–Crippen MR) is 145 cm³/mol. The van der Waals surface area contributed by atoms with Crippen molar-refractivity contribution in [1.82, 2.24) is 25.2 Å². The molecule has 0 aromatic carbocycles. The van der Waals surface area contributed by atoms with Gasteiger partial charge in [-0.15, -0.1) is 11.3 Å². The van der Waals surface area contributed by atoms with E-state index in [1.807, 2.05) is 30.5 Å². The first kappa shape index (κ1) is 28.0. The van der Waals surface area contributed by atoms with Gasteiger partial charge in [0.05, 0.1) is 11.4 Å².